The van der Waals surface area contributed by atoms with E-state index in [9.17, 15) is 18.0 Å². The van der Waals surface area contributed by atoms with Crippen molar-refractivity contribution in [2.24, 2.45) is 0 Å². The van der Waals surface area contributed by atoms with E-state index in [4.69, 9.17) is 4.74 Å². The smallest absolute Gasteiger partial charge is 0.377 e. The number of likely N-dealkylation sites (tertiary alicyclic amines) is 1. The van der Waals surface area contributed by atoms with E-state index in [1.54, 1.807) is 17.0 Å². The molecule has 0 saturated carbocycles. The first-order valence-corrected chi connectivity index (χ1v) is 10.8. The summed E-state index contributed by atoms with van der Waals surface area (Å²) >= 11 is 0. The standard InChI is InChI=1S/C24H24F3N3O2/c1-15-6-7-19-21(12-15)30(17-13-32-14-17)28-22(19)23(31)29-10-8-16(9-11-29)18-4-2-3-5-20(18)24(25,26)27/h2-7,12,16-17H,8-11,13-14H2,1H3. The van der Waals surface area contributed by atoms with Gasteiger partial charge in [-0.2, -0.15) is 18.3 Å². The van der Waals surface area contributed by atoms with Crippen molar-refractivity contribution in [2.45, 2.75) is 37.9 Å². The Labute approximate surface area is 183 Å². The zero-order valence-corrected chi connectivity index (χ0v) is 17.7. The maximum atomic E-state index is 13.4. The number of alkyl halides is 3. The largest absolute Gasteiger partial charge is 0.416 e. The number of amides is 1. The molecule has 0 aliphatic carbocycles. The highest BCUT2D eigenvalue weighted by atomic mass is 19.4. The highest BCUT2D eigenvalue weighted by Crippen LogP contribution is 2.39. The minimum Gasteiger partial charge on any atom is -0.377 e. The predicted octanol–water partition coefficient (Wildman–Crippen LogP) is 4.95. The third-order valence-electron chi connectivity index (χ3n) is 6.52. The van der Waals surface area contributed by atoms with Crippen LogP contribution in [0.25, 0.3) is 10.9 Å². The van der Waals surface area contributed by atoms with E-state index in [0.29, 0.717) is 50.4 Å². The molecule has 2 fully saturated rings. The Bertz CT molecular complexity index is 1160. The summed E-state index contributed by atoms with van der Waals surface area (Å²) in [7, 11) is 0. The number of aromatic nitrogens is 2. The predicted molar refractivity (Wildman–Crippen MR) is 114 cm³/mol. The molecule has 32 heavy (non-hydrogen) atoms. The van der Waals surface area contributed by atoms with E-state index in [2.05, 4.69) is 5.10 Å². The number of rotatable bonds is 3. The highest BCUT2D eigenvalue weighted by molar-refractivity contribution is 6.05. The number of carbonyl (C=O) groups is 1. The van der Waals surface area contributed by atoms with E-state index >= 15 is 0 Å². The molecule has 1 aromatic heterocycles. The van der Waals surface area contributed by atoms with E-state index in [-0.39, 0.29) is 17.9 Å². The summed E-state index contributed by atoms with van der Waals surface area (Å²) in [6.45, 7) is 3.95. The number of ether oxygens (including phenoxy) is 1. The summed E-state index contributed by atoms with van der Waals surface area (Å²) in [5.41, 5.74) is 2.15. The molecule has 5 nitrogen and oxygen atoms in total. The molecule has 3 aromatic rings. The number of nitrogens with zero attached hydrogens (tertiary/aromatic N) is 3. The van der Waals surface area contributed by atoms with Gasteiger partial charge in [0, 0.05) is 18.5 Å². The molecule has 0 N–H and O–H groups in total. The third-order valence-corrected chi connectivity index (χ3v) is 6.52. The van der Waals surface area contributed by atoms with Crippen molar-refractivity contribution in [3.8, 4) is 0 Å². The number of fused-ring (bicyclic) bond motifs is 1. The Morgan fingerprint density at radius 1 is 1.09 bits per heavy atom. The van der Waals surface area contributed by atoms with Gasteiger partial charge in [-0.05, 0) is 48.9 Å². The lowest BCUT2D eigenvalue weighted by Crippen LogP contribution is -2.38. The van der Waals surface area contributed by atoms with Crippen LogP contribution in [0.4, 0.5) is 13.2 Å². The van der Waals surface area contributed by atoms with Crippen molar-refractivity contribution in [3.05, 3.63) is 64.8 Å². The lowest BCUT2D eigenvalue weighted by molar-refractivity contribution is -0.138. The molecule has 5 rings (SSSR count). The Hall–Kier alpha value is -2.87. The van der Waals surface area contributed by atoms with Crippen molar-refractivity contribution < 1.29 is 22.7 Å². The maximum Gasteiger partial charge on any atom is 0.416 e. The quantitative estimate of drug-likeness (QED) is 0.575. The number of hydrogen-bond donors (Lipinski definition) is 0. The van der Waals surface area contributed by atoms with Gasteiger partial charge in [-0.3, -0.25) is 9.48 Å². The van der Waals surface area contributed by atoms with Crippen LogP contribution in [0.2, 0.25) is 0 Å². The monoisotopic (exact) mass is 443 g/mol. The van der Waals surface area contributed by atoms with Crippen molar-refractivity contribution >= 4 is 16.8 Å². The topological polar surface area (TPSA) is 47.4 Å². The molecule has 2 saturated heterocycles. The molecule has 168 valence electrons. The van der Waals surface area contributed by atoms with Gasteiger partial charge in [0.15, 0.2) is 5.69 Å². The molecule has 3 heterocycles. The molecule has 2 aliphatic rings. The summed E-state index contributed by atoms with van der Waals surface area (Å²) in [6.07, 6.45) is -3.39. The average molecular weight is 443 g/mol. The van der Waals surface area contributed by atoms with Crippen LogP contribution < -0.4 is 0 Å². The molecule has 2 aromatic carbocycles. The van der Waals surface area contributed by atoms with Gasteiger partial charge >= 0.3 is 6.18 Å². The lowest BCUT2D eigenvalue weighted by Gasteiger charge is -2.33. The van der Waals surface area contributed by atoms with Crippen LogP contribution in [0.1, 0.15) is 52.0 Å². The molecule has 0 bridgehead atoms. The first kappa shape index (κ1) is 21.0. The van der Waals surface area contributed by atoms with Gasteiger partial charge in [-0.15, -0.1) is 0 Å². The fraction of sp³-hybridized carbons (Fsp3) is 0.417. The van der Waals surface area contributed by atoms with Crippen LogP contribution in [0.15, 0.2) is 42.5 Å². The summed E-state index contributed by atoms with van der Waals surface area (Å²) in [4.78, 5) is 15.1. The van der Waals surface area contributed by atoms with Crippen LogP contribution in [-0.2, 0) is 10.9 Å². The Balaban J connectivity index is 1.37. The zero-order valence-electron chi connectivity index (χ0n) is 17.7. The Morgan fingerprint density at radius 2 is 1.81 bits per heavy atom. The van der Waals surface area contributed by atoms with Crippen LogP contribution in [0, 0.1) is 6.92 Å². The molecular formula is C24H24F3N3O2. The number of hydrogen-bond acceptors (Lipinski definition) is 3. The second kappa shape index (κ2) is 7.92. The van der Waals surface area contributed by atoms with Crippen molar-refractivity contribution in [1.82, 2.24) is 14.7 Å². The van der Waals surface area contributed by atoms with E-state index in [1.165, 1.54) is 6.07 Å². The first-order chi connectivity index (χ1) is 15.3. The van der Waals surface area contributed by atoms with Gasteiger partial charge in [0.2, 0.25) is 0 Å². The van der Waals surface area contributed by atoms with E-state index in [0.717, 1.165) is 22.5 Å². The van der Waals surface area contributed by atoms with E-state index < -0.39 is 11.7 Å². The molecule has 0 spiro atoms. The SMILES string of the molecule is Cc1ccc2c(C(=O)N3CCC(c4ccccc4C(F)(F)F)CC3)nn(C3COC3)c2c1. The van der Waals surface area contributed by atoms with Gasteiger partial charge < -0.3 is 9.64 Å². The fourth-order valence-electron chi connectivity index (χ4n) is 4.70. The van der Waals surface area contributed by atoms with Crippen LogP contribution in [0.5, 0.6) is 0 Å². The van der Waals surface area contributed by atoms with E-state index in [1.807, 2.05) is 29.8 Å². The number of benzene rings is 2. The summed E-state index contributed by atoms with van der Waals surface area (Å²) in [6, 6.07) is 11.8. The Morgan fingerprint density at radius 3 is 2.47 bits per heavy atom. The number of halogens is 3. The molecule has 0 radical (unpaired) electrons. The number of aryl methyl sites for hydroxylation is 1. The van der Waals surface area contributed by atoms with Crippen molar-refractivity contribution in [2.75, 3.05) is 26.3 Å². The molecule has 1 amide bonds. The van der Waals surface area contributed by atoms with Gasteiger partial charge in [-0.1, -0.05) is 30.3 Å². The second-order valence-corrected chi connectivity index (χ2v) is 8.66. The molecule has 0 unspecified atom stereocenters. The second-order valence-electron chi connectivity index (χ2n) is 8.66. The van der Waals surface area contributed by atoms with Crippen LogP contribution in [-0.4, -0.2) is 46.9 Å². The molecular weight excluding hydrogens is 419 g/mol. The van der Waals surface area contributed by atoms with Crippen molar-refractivity contribution in [1.29, 1.82) is 0 Å². The van der Waals surface area contributed by atoms with Gasteiger partial charge in [0.25, 0.3) is 5.91 Å². The minimum atomic E-state index is -4.38. The first-order valence-electron chi connectivity index (χ1n) is 10.8. The minimum absolute atomic E-state index is 0.116. The Kier molecular flexibility index (Phi) is 5.20. The highest BCUT2D eigenvalue weighted by Gasteiger charge is 2.36. The van der Waals surface area contributed by atoms with Crippen molar-refractivity contribution in [3.63, 3.8) is 0 Å². The summed E-state index contributed by atoms with van der Waals surface area (Å²) in [5, 5.41) is 5.45. The van der Waals surface area contributed by atoms with Crippen LogP contribution in [0.3, 0.4) is 0 Å². The maximum absolute atomic E-state index is 13.4. The molecule has 8 heteroatoms. The van der Waals surface area contributed by atoms with Crippen LogP contribution >= 0.6 is 0 Å². The normalized spacial score (nSPS) is 18.2. The summed E-state index contributed by atoms with van der Waals surface area (Å²) in [5.74, 6) is -0.388. The summed E-state index contributed by atoms with van der Waals surface area (Å²) < 4.78 is 47.5. The molecule has 2 aliphatic heterocycles. The lowest BCUT2D eigenvalue weighted by atomic mass is 9.86. The average Bonchev–Trinajstić information content (AvgIpc) is 3.10. The van der Waals surface area contributed by atoms with Gasteiger partial charge in [0.05, 0.1) is 30.3 Å². The zero-order chi connectivity index (χ0) is 22.5. The number of piperidine rings is 1. The van der Waals surface area contributed by atoms with Gasteiger partial charge in [0.1, 0.15) is 0 Å². The van der Waals surface area contributed by atoms with Gasteiger partial charge in [-0.25, -0.2) is 0 Å². The fourth-order valence-corrected chi connectivity index (χ4v) is 4.70. The third kappa shape index (κ3) is 3.66. The molecule has 0 atom stereocenters. The number of carbonyl (C=O) groups excluding carboxylic acids is 1.